The van der Waals surface area contributed by atoms with Gasteiger partial charge in [0, 0.05) is 43.7 Å². The van der Waals surface area contributed by atoms with Gasteiger partial charge in [-0.25, -0.2) is 0 Å². The average molecular weight is 815 g/mol. The fourth-order valence-corrected chi connectivity index (χ4v) is 10.5. The maximum Gasteiger partial charge on any atom is 0.159 e. The van der Waals surface area contributed by atoms with Crippen LogP contribution in [0.25, 0.3) is 76.2 Å². The molecule has 0 spiro atoms. The van der Waals surface area contributed by atoms with E-state index in [0.717, 1.165) is 89.0 Å². The van der Waals surface area contributed by atoms with E-state index in [9.17, 15) is 0 Å². The number of hydrogen-bond acceptors (Lipinski definition) is 4. The molecule has 0 amide bonds. The second-order valence-corrected chi connectivity index (χ2v) is 17.4. The Morgan fingerprint density at radius 1 is 0.492 bits per heavy atom. The number of para-hydroxylation sites is 4. The first-order valence-corrected chi connectivity index (χ1v) is 22.2. The molecule has 4 heteroatoms. The minimum absolute atomic E-state index is 0.620. The van der Waals surface area contributed by atoms with Gasteiger partial charge in [-0.1, -0.05) is 153 Å². The van der Waals surface area contributed by atoms with E-state index in [-0.39, 0.29) is 0 Å². The van der Waals surface area contributed by atoms with E-state index in [2.05, 4.69) is 169 Å². The third-order valence-corrected chi connectivity index (χ3v) is 13.4. The van der Waals surface area contributed by atoms with E-state index >= 15 is 0 Å². The Hall–Kier alpha value is -7.56. The van der Waals surface area contributed by atoms with E-state index in [1.165, 1.54) is 64.6 Å². The first-order valence-electron chi connectivity index (χ1n) is 22.2. The third-order valence-electron chi connectivity index (χ3n) is 13.4. The molecule has 4 nitrogen and oxygen atoms in total. The highest BCUT2D eigenvalue weighted by Crippen LogP contribution is 2.50. The molecule has 63 heavy (non-hydrogen) atoms. The van der Waals surface area contributed by atoms with Gasteiger partial charge < -0.3 is 18.6 Å². The summed E-state index contributed by atoms with van der Waals surface area (Å²) in [6.45, 7) is 10.8. The highest BCUT2D eigenvalue weighted by atomic mass is 16.3. The van der Waals surface area contributed by atoms with Crippen LogP contribution in [0, 0.1) is 0 Å². The zero-order chi connectivity index (χ0) is 42.2. The summed E-state index contributed by atoms with van der Waals surface area (Å²) in [6.07, 6.45) is 10.6. The van der Waals surface area contributed by atoms with Crippen LogP contribution in [-0.2, 0) is 0 Å². The lowest BCUT2D eigenvalue weighted by Crippen LogP contribution is -2.15. The summed E-state index contributed by atoms with van der Waals surface area (Å²) < 4.78 is 13.4. The van der Waals surface area contributed by atoms with Crippen LogP contribution in [0.3, 0.4) is 0 Å². The summed E-state index contributed by atoms with van der Waals surface area (Å²) in [5, 5.41) is 11.5. The summed E-state index contributed by atoms with van der Waals surface area (Å²) in [5.41, 5.74) is 11.8. The van der Waals surface area contributed by atoms with Crippen LogP contribution in [0.2, 0.25) is 0 Å². The maximum absolute atomic E-state index is 6.77. The largest absolute Gasteiger partial charge is 0.454 e. The molecule has 12 rings (SSSR count). The Balaban J connectivity index is 1.09. The summed E-state index contributed by atoms with van der Waals surface area (Å²) in [7, 11) is 0. The number of nitrogens with zero attached hydrogens (tertiary/aromatic N) is 2. The zero-order valence-electron chi connectivity index (χ0n) is 35.4. The number of anilines is 5. The van der Waals surface area contributed by atoms with Crippen LogP contribution >= 0.6 is 0 Å². The fourth-order valence-electron chi connectivity index (χ4n) is 10.5. The van der Waals surface area contributed by atoms with Gasteiger partial charge in [0.2, 0.25) is 0 Å². The van der Waals surface area contributed by atoms with Crippen molar-refractivity contribution < 1.29 is 8.83 Å². The quantitative estimate of drug-likeness (QED) is 0.107. The SMILES string of the molecule is C=C(C)/C=C\C(=C)N(c1ccc2ccc3c(N(c4ccc(C5CCCCC5)cc4)c4cccc5c4oc4ccccc45)ccc4ccc1c2c43)c1cccc2c1oc1ccccc12. The van der Waals surface area contributed by atoms with Crippen molar-refractivity contribution in [1.82, 2.24) is 0 Å². The molecule has 0 radical (unpaired) electrons. The van der Waals surface area contributed by atoms with E-state index in [0.29, 0.717) is 5.92 Å². The molecular weight excluding hydrogens is 769 g/mol. The maximum atomic E-state index is 6.77. The highest BCUT2D eigenvalue weighted by Gasteiger charge is 2.26. The number of fused-ring (bicyclic) bond motifs is 6. The Morgan fingerprint density at radius 3 is 1.67 bits per heavy atom. The standard InChI is InChI=1S/C59H46N2O2/c1-37(2)23-24-38(3)60(52-19-11-17-46-44-15-7-9-21-54(44)62-58(46)52)50-35-29-41-28-34-49-51(36-30-42-27-33-48(50)56(41)57(42)49)61(43-31-25-40(26-32-43)39-13-5-4-6-14-39)53-20-12-18-47-45-16-8-10-22-55(45)63-59(47)53/h7-12,15-36,39H,1,3-6,13-14H2,2H3/b24-23-. The lowest BCUT2D eigenvalue weighted by Gasteiger charge is -2.30. The average Bonchev–Trinajstić information content (AvgIpc) is 3.91. The van der Waals surface area contributed by atoms with Gasteiger partial charge in [-0.3, -0.25) is 0 Å². The first-order chi connectivity index (χ1) is 31.0. The third kappa shape index (κ3) is 6.04. The number of benzene rings is 9. The van der Waals surface area contributed by atoms with E-state index < -0.39 is 0 Å². The molecule has 0 aliphatic heterocycles. The van der Waals surface area contributed by atoms with E-state index in [1.807, 2.05) is 31.2 Å². The Labute approximate surface area is 366 Å². The summed E-state index contributed by atoms with van der Waals surface area (Å²) in [5.74, 6) is 0.620. The second kappa shape index (κ2) is 14.8. The summed E-state index contributed by atoms with van der Waals surface area (Å²) in [6, 6.07) is 57.1. The van der Waals surface area contributed by atoms with Crippen molar-refractivity contribution in [3.8, 4) is 0 Å². The van der Waals surface area contributed by atoms with Crippen molar-refractivity contribution in [2.75, 3.05) is 9.80 Å². The number of allylic oxidation sites excluding steroid dienone is 3. The molecule has 0 N–H and O–H groups in total. The molecular formula is C59H46N2O2. The molecule has 0 atom stereocenters. The van der Waals surface area contributed by atoms with Crippen LogP contribution in [0.1, 0.15) is 50.5 Å². The smallest absolute Gasteiger partial charge is 0.159 e. The van der Waals surface area contributed by atoms with Gasteiger partial charge in [-0.2, -0.15) is 0 Å². The summed E-state index contributed by atoms with van der Waals surface area (Å²) in [4.78, 5) is 4.67. The molecule has 9 aromatic carbocycles. The Kier molecular flexibility index (Phi) is 8.75. The van der Waals surface area contributed by atoms with Gasteiger partial charge in [-0.15, -0.1) is 0 Å². The van der Waals surface area contributed by atoms with Crippen LogP contribution in [0.15, 0.2) is 203 Å². The van der Waals surface area contributed by atoms with Gasteiger partial charge in [0.25, 0.3) is 0 Å². The van der Waals surface area contributed by atoms with Crippen LogP contribution in [0.5, 0.6) is 0 Å². The monoisotopic (exact) mass is 814 g/mol. The van der Waals surface area contributed by atoms with Gasteiger partial charge in [-0.05, 0) is 107 Å². The van der Waals surface area contributed by atoms with Crippen molar-refractivity contribution in [3.63, 3.8) is 0 Å². The Bertz CT molecular complexity index is 3620. The predicted molar refractivity (Wildman–Crippen MR) is 267 cm³/mol. The van der Waals surface area contributed by atoms with Crippen LogP contribution < -0.4 is 9.80 Å². The molecule has 1 fully saturated rings. The predicted octanol–water partition coefficient (Wildman–Crippen LogP) is 17.7. The lowest BCUT2D eigenvalue weighted by molar-refractivity contribution is 0.443. The topological polar surface area (TPSA) is 32.8 Å². The van der Waals surface area contributed by atoms with Crippen molar-refractivity contribution in [3.05, 3.63) is 200 Å². The molecule has 2 aromatic heterocycles. The van der Waals surface area contributed by atoms with Gasteiger partial charge in [0.1, 0.15) is 11.2 Å². The van der Waals surface area contributed by atoms with Crippen LogP contribution in [0.4, 0.5) is 28.4 Å². The molecule has 11 aromatic rings. The van der Waals surface area contributed by atoms with E-state index in [4.69, 9.17) is 8.83 Å². The number of furan rings is 2. The number of hydrogen-bond donors (Lipinski definition) is 0. The molecule has 0 unspecified atom stereocenters. The number of rotatable bonds is 9. The zero-order valence-corrected chi connectivity index (χ0v) is 35.4. The molecule has 304 valence electrons. The highest BCUT2D eigenvalue weighted by molar-refractivity contribution is 6.28. The minimum Gasteiger partial charge on any atom is -0.454 e. The molecule has 2 heterocycles. The second-order valence-electron chi connectivity index (χ2n) is 17.4. The summed E-state index contributed by atoms with van der Waals surface area (Å²) >= 11 is 0. The minimum atomic E-state index is 0.620. The molecule has 0 saturated heterocycles. The fraction of sp³-hybridized carbons (Fsp3) is 0.119. The molecule has 1 saturated carbocycles. The molecule has 1 aliphatic rings. The molecule has 0 bridgehead atoms. The lowest BCUT2D eigenvalue weighted by atomic mass is 9.84. The van der Waals surface area contributed by atoms with E-state index in [1.54, 1.807) is 0 Å². The Morgan fingerprint density at radius 2 is 1.03 bits per heavy atom. The molecule has 1 aliphatic carbocycles. The van der Waals surface area contributed by atoms with Crippen molar-refractivity contribution in [2.24, 2.45) is 0 Å². The van der Waals surface area contributed by atoms with Crippen molar-refractivity contribution >= 4 is 105 Å². The van der Waals surface area contributed by atoms with Gasteiger partial charge in [0.15, 0.2) is 11.2 Å². The normalized spacial score (nSPS) is 13.8. The van der Waals surface area contributed by atoms with Gasteiger partial charge >= 0.3 is 0 Å². The van der Waals surface area contributed by atoms with Gasteiger partial charge in [0.05, 0.1) is 22.7 Å². The first kappa shape index (κ1) is 37.2. The van der Waals surface area contributed by atoms with Crippen LogP contribution in [-0.4, -0.2) is 0 Å². The van der Waals surface area contributed by atoms with Crippen molar-refractivity contribution in [2.45, 2.75) is 44.9 Å². The van der Waals surface area contributed by atoms with Crippen molar-refractivity contribution in [1.29, 1.82) is 0 Å².